The Bertz CT molecular complexity index is 1620. The van der Waals surface area contributed by atoms with E-state index in [9.17, 15) is 5.26 Å². The zero-order chi connectivity index (χ0) is 24.1. The number of pyridine rings is 1. The van der Waals surface area contributed by atoms with Crippen molar-refractivity contribution in [3.05, 3.63) is 88.6 Å². The van der Waals surface area contributed by atoms with E-state index < -0.39 is 0 Å². The second-order valence-corrected chi connectivity index (χ2v) is 9.49. The van der Waals surface area contributed by atoms with Gasteiger partial charge in [0.1, 0.15) is 18.2 Å². The molecule has 0 spiro atoms. The molecule has 3 nitrogen and oxygen atoms in total. The van der Waals surface area contributed by atoms with Crippen LogP contribution in [0.5, 0.6) is 0 Å². The topological polar surface area (TPSA) is 40.8 Å². The third-order valence-electron chi connectivity index (χ3n) is 7.21. The number of fused-ring (bicyclic) bond motifs is 3. The lowest BCUT2D eigenvalue weighted by molar-refractivity contribution is -0.667. The molecule has 0 saturated carbocycles. The van der Waals surface area contributed by atoms with Crippen LogP contribution in [0.3, 0.4) is 0 Å². The van der Waals surface area contributed by atoms with Crippen LogP contribution in [0.2, 0.25) is 0 Å². The fourth-order valence-corrected chi connectivity index (χ4v) is 5.13. The number of furan rings is 1. The Morgan fingerprint density at radius 1 is 0.912 bits per heavy atom. The van der Waals surface area contributed by atoms with Crippen molar-refractivity contribution >= 4 is 21.9 Å². The van der Waals surface area contributed by atoms with Crippen LogP contribution in [-0.2, 0) is 7.05 Å². The van der Waals surface area contributed by atoms with Crippen molar-refractivity contribution < 1.29 is 8.98 Å². The number of rotatable bonds is 3. The van der Waals surface area contributed by atoms with Crippen molar-refractivity contribution in [2.24, 2.45) is 7.05 Å². The maximum atomic E-state index is 9.93. The average molecular weight is 446 g/mol. The number of aryl methyl sites for hydroxylation is 1. The van der Waals surface area contributed by atoms with Crippen molar-refractivity contribution in [3.63, 3.8) is 0 Å². The Balaban J connectivity index is 1.93. The lowest BCUT2D eigenvalue weighted by Crippen LogP contribution is -2.36. The van der Waals surface area contributed by atoms with Crippen LogP contribution >= 0.6 is 0 Å². The molecule has 0 atom stereocenters. The van der Waals surface area contributed by atoms with Crippen molar-refractivity contribution in [2.45, 2.75) is 40.5 Å². The number of nitrogens with zero attached hydrogens (tertiary/aromatic N) is 2. The highest BCUT2D eigenvalue weighted by Crippen LogP contribution is 2.42. The summed E-state index contributed by atoms with van der Waals surface area (Å²) in [5.41, 5.74) is 11.6. The first-order valence-electron chi connectivity index (χ1n) is 11.8. The quantitative estimate of drug-likeness (QED) is 0.267. The first kappa shape index (κ1) is 21.9. The lowest BCUT2D eigenvalue weighted by atomic mass is 9.92. The van der Waals surface area contributed by atoms with E-state index >= 15 is 0 Å². The molecule has 5 aromatic rings. The van der Waals surface area contributed by atoms with Gasteiger partial charge in [0.15, 0.2) is 5.69 Å². The first-order chi connectivity index (χ1) is 16.3. The number of hydrogen-bond donors (Lipinski definition) is 0. The SMILES string of the molecule is Cc1ccc2c(oc3c(-c4ccccc4)ccc(C#N)c32)c1-c1cc(C(C)C)c(C)c(C)[n+]1C. The predicted octanol–water partition coefficient (Wildman–Crippen LogP) is 7.66. The molecule has 34 heavy (non-hydrogen) atoms. The number of hydrogen-bond acceptors (Lipinski definition) is 2. The van der Waals surface area contributed by atoms with Gasteiger partial charge in [-0.15, -0.1) is 0 Å². The minimum Gasteiger partial charge on any atom is -0.454 e. The molecule has 3 heteroatoms. The van der Waals surface area contributed by atoms with E-state index in [-0.39, 0.29) is 0 Å². The molecule has 0 saturated heterocycles. The van der Waals surface area contributed by atoms with Gasteiger partial charge in [-0.05, 0) is 48.6 Å². The van der Waals surface area contributed by atoms with Gasteiger partial charge in [-0.3, -0.25) is 0 Å². The van der Waals surface area contributed by atoms with E-state index in [2.05, 4.69) is 82.6 Å². The van der Waals surface area contributed by atoms with Crippen LogP contribution in [0.1, 0.15) is 47.7 Å². The zero-order valence-corrected chi connectivity index (χ0v) is 20.7. The minimum atomic E-state index is 0.420. The number of benzene rings is 3. The van der Waals surface area contributed by atoms with E-state index in [0.717, 1.165) is 49.9 Å². The molecular formula is C31H29N2O+. The van der Waals surface area contributed by atoms with Crippen LogP contribution in [-0.4, -0.2) is 0 Å². The first-order valence-corrected chi connectivity index (χ1v) is 11.8. The molecule has 0 unspecified atom stereocenters. The number of aromatic nitrogens is 1. The Kier molecular flexibility index (Phi) is 5.25. The summed E-state index contributed by atoms with van der Waals surface area (Å²) in [6.07, 6.45) is 0. The van der Waals surface area contributed by atoms with Gasteiger partial charge >= 0.3 is 0 Å². The van der Waals surface area contributed by atoms with Gasteiger partial charge in [-0.2, -0.15) is 9.83 Å². The van der Waals surface area contributed by atoms with E-state index in [1.807, 2.05) is 30.3 Å². The van der Waals surface area contributed by atoms with E-state index in [4.69, 9.17) is 4.42 Å². The minimum absolute atomic E-state index is 0.420. The van der Waals surface area contributed by atoms with Crippen molar-refractivity contribution in [1.82, 2.24) is 0 Å². The van der Waals surface area contributed by atoms with Crippen molar-refractivity contribution in [3.8, 4) is 28.5 Å². The summed E-state index contributed by atoms with van der Waals surface area (Å²) in [6, 6.07) is 23.1. The molecule has 0 aliphatic heterocycles. The Morgan fingerprint density at radius 2 is 1.65 bits per heavy atom. The molecule has 2 heterocycles. The number of nitriles is 1. The Hall–Kier alpha value is -3.90. The summed E-state index contributed by atoms with van der Waals surface area (Å²) >= 11 is 0. The molecule has 3 aromatic carbocycles. The predicted molar refractivity (Wildman–Crippen MR) is 139 cm³/mol. The van der Waals surface area contributed by atoms with Gasteiger partial charge in [0.2, 0.25) is 5.69 Å². The molecule has 0 amide bonds. The molecule has 0 aliphatic carbocycles. The molecule has 2 aromatic heterocycles. The van der Waals surface area contributed by atoms with Crippen LogP contribution in [0.15, 0.2) is 65.1 Å². The molecular weight excluding hydrogens is 416 g/mol. The highest BCUT2D eigenvalue weighted by Gasteiger charge is 2.26. The normalized spacial score (nSPS) is 11.5. The second kappa shape index (κ2) is 8.15. The smallest absolute Gasteiger partial charge is 0.216 e. The highest BCUT2D eigenvalue weighted by molar-refractivity contribution is 6.15. The van der Waals surface area contributed by atoms with Crippen LogP contribution in [0.25, 0.3) is 44.3 Å². The maximum absolute atomic E-state index is 9.93. The van der Waals surface area contributed by atoms with E-state index in [1.165, 1.54) is 16.8 Å². The summed E-state index contributed by atoms with van der Waals surface area (Å²) in [7, 11) is 2.12. The third-order valence-corrected chi connectivity index (χ3v) is 7.21. The average Bonchev–Trinajstić information content (AvgIpc) is 3.22. The molecule has 0 radical (unpaired) electrons. The van der Waals surface area contributed by atoms with Crippen molar-refractivity contribution in [1.29, 1.82) is 5.26 Å². The molecule has 0 aliphatic rings. The van der Waals surface area contributed by atoms with Crippen LogP contribution < -0.4 is 4.57 Å². The van der Waals surface area contributed by atoms with Gasteiger partial charge in [0.25, 0.3) is 0 Å². The third kappa shape index (κ3) is 3.22. The summed E-state index contributed by atoms with van der Waals surface area (Å²) < 4.78 is 8.97. The Labute approximate surface area is 200 Å². The molecule has 0 N–H and O–H groups in total. The Morgan fingerprint density at radius 3 is 2.32 bits per heavy atom. The molecule has 0 bridgehead atoms. The fraction of sp³-hybridized carbons (Fsp3) is 0.226. The summed E-state index contributed by atoms with van der Waals surface area (Å²) in [5.74, 6) is 0.420. The monoisotopic (exact) mass is 445 g/mol. The lowest BCUT2D eigenvalue weighted by Gasteiger charge is -2.14. The summed E-state index contributed by atoms with van der Waals surface area (Å²) in [4.78, 5) is 0. The second-order valence-electron chi connectivity index (χ2n) is 9.49. The van der Waals surface area contributed by atoms with Crippen molar-refractivity contribution in [2.75, 3.05) is 0 Å². The van der Waals surface area contributed by atoms with Gasteiger partial charge in [-0.1, -0.05) is 56.3 Å². The molecule has 5 rings (SSSR count). The zero-order valence-electron chi connectivity index (χ0n) is 20.7. The van der Waals surface area contributed by atoms with Gasteiger partial charge in [-0.25, -0.2) is 0 Å². The van der Waals surface area contributed by atoms with Crippen LogP contribution in [0, 0.1) is 32.1 Å². The largest absolute Gasteiger partial charge is 0.454 e. The molecule has 0 fully saturated rings. The van der Waals surface area contributed by atoms with E-state index in [0.29, 0.717) is 11.5 Å². The maximum Gasteiger partial charge on any atom is 0.216 e. The van der Waals surface area contributed by atoms with Gasteiger partial charge < -0.3 is 4.42 Å². The van der Waals surface area contributed by atoms with Crippen LogP contribution in [0.4, 0.5) is 0 Å². The molecule has 168 valence electrons. The fourth-order valence-electron chi connectivity index (χ4n) is 5.13. The summed E-state index contributed by atoms with van der Waals surface area (Å²) in [5, 5.41) is 11.8. The standard InChI is InChI=1S/C31H29N2O/c1-18(2)26-16-27(33(6)21(5)20(26)4)28-19(3)12-14-25-29-23(17-32)13-15-24(30(29)34-31(25)28)22-10-8-7-9-11-22/h7-16,18H,1-6H3/q+1. The van der Waals surface area contributed by atoms with E-state index in [1.54, 1.807) is 0 Å². The van der Waals surface area contributed by atoms with Gasteiger partial charge in [0.05, 0.1) is 17.2 Å². The van der Waals surface area contributed by atoms with Gasteiger partial charge in [0, 0.05) is 34.9 Å². The highest BCUT2D eigenvalue weighted by atomic mass is 16.3. The summed E-state index contributed by atoms with van der Waals surface area (Å²) in [6.45, 7) is 11.0.